The fraction of sp³-hybridized carbons (Fsp3) is 0.273. The third-order valence-electron chi connectivity index (χ3n) is 5.60. The Morgan fingerprint density at radius 2 is 2.06 bits per heavy atom. The van der Waals surface area contributed by atoms with Gasteiger partial charge >= 0.3 is 0 Å². The number of fused-ring (bicyclic) bond motifs is 1. The van der Waals surface area contributed by atoms with Gasteiger partial charge in [-0.25, -0.2) is 4.98 Å². The van der Waals surface area contributed by atoms with Crippen molar-refractivity contribution in [1.82, 2.24) is 34.3 Å². The maximum Gasteiger partial charge on any atom is 0.280 e. The number of rotatable bonds is 7. The van der Waals surface area contributed by atoms with Crippen LogP contribution in [0.2, 0.25) is 5.02 Å². The zero-order valence-corrected chi connectivity index (χ0v) is 19.3. The second-order valence-electron chi connectivity index (χ2n) is 8.11. The Balaban J connectivity index is 1.56. The fourth-order valence-electron chi connectivity index (χ4n) is 3.58. The van der Waals surface area contributed by atoms with Crippen LogP contribution < -0.4 is 21.5 Å². The van der Waals surface area contributed by atoms with Gasteiger partial charge in [0.25, 0.3) is 5.56 Å². The Bertz CT molecular complexity index is 1420. The Kier molecular flexibility index (Phi) is 5.09. The Labute approximate surface area is 194 Å². The molecule has 10 nitrogen and oxygen atoms in total. The molecule has 0 aliphatic heterocycles. The lowest BCUT2D eigenvalue weighted by molar-refractivity contribution is 0.724. The first-order valence-corrected chi connectivity index (χ1v) is 10.9. The Morgan fingerprint density at radius 1 is 1.27 bits per heavy atom. The molecule has 170 valence electrons. The molecule has 1 saturated carbocycles. The summed E-state index contributed by atoms with van der Waals surface area (Å²) in [6.45, 7) is 6.07. The first-order valence-electron chi connectivity index (χ1n) is 10.6. The van der Waals surface area contributed by atoms with E-state index in [2.05, 4.69) is 32.7 Å². The van der Waals surface area contributed by atoms with Crippen LogP contribution in [-0.4, -0.2) is 42.0 Å². The van der Waals surface area contributed by atoms with Crippen molar-refractivity contribution in [1.29, 1.82) is 0 Å². The fourth-order valence-corrected chi connectivity index (χ4v) is 3.78. The van der Waals surface area contributed by atoms with E-state index in [1.165, 1.54) is 4.57 Å². The molecule has 1 aliphatic carbocycles. The van der Waals surface area contributed by atoms with Gasteiger partial charge in [0, 0.05) is 49.9 Å². The molecule has 4 heterocycles. The summed E-state index contributed by atoms with van der Waals surface area (Å²) in [4.78, 5) is 17.9. The van der Waals surface area contributed by atoms with Crippen LogP contribution in [0.5, 0.6) is 0 Å². The second-order valence-corrected chi connectivity index (χ2v) is 8.54. The number of anilines is 3. The van der Waals surface area contributed by atoms with E-state index >= 15 is 0 Å². The molecule has 5 rings (SSSR count). The molecule has 0 aromatic carbocycles. The average Bonchev–Trinajstić information content (AvgIpc) is 3.38. The molecule has 3 N–H and O–H groups in total. The minimum absolute atomic E-state index is 0.278. The molecule has 0 bridgehead atoms. The normalized spacial score (nSPS) is 13.3. The number of halogens is 1. The summed E-state index contributed by atoms with van der Waals surface area (Å²) in [6, 6.07) is 5.63. The lowest BCUT2D eigenvalue weighted by Crippen LogP contribution is -2.21. The lowest BCUT2D eigenvalue weighted by Gasteiger charge is -2.12. The van der Waals surface area contributed by atoms with E-state index in [9.17, 15) is 4.79 Å². The summed E-state index contributed by atoms with van der Waals surface area (Å²) in [5, 5.41) is 18.9. The van der Waals surface area contributed by atoms with Crippen LogP contribution in [0.1, 0.15) is 24.1 Å². The highest BCUT2D eigenvalue weighted by Gasteiger charge is 2.23. The number of nitrogens with zero attached hydrogens (tertiary/aromatic N) is 6. The number of nitrogens with one attached hydrogen (secondary N) is 3. The molecular weight excluding hydrogens is 442 g/mol. The third kappa shape index (κ3) is 3.93. The molecule has 0 atom stereocenters. The molecule has 0 spiro atoms. The second kappa shape index (κ2) is 7.96. The van der Waals surface area contributed by atoms with Gasteiger partial charge in [-0.05, 0) is 25.8 Å². The molecule has 0 radical (unpaired) electrons. The highest BCUT2D eigenvalue weighted by atomic mass is 35.5. The van der Waals surface area contributed by atoms with Gasteiger partial charge in [0.1, 0.15) is 17.3 Å². The van der Waals surface area contributed by atoms with Crippen molar-refractivity contribution in [3.63, 3.8) is 0 Å². The first kappa shape index (κ1) is 21.1. The van der Waals surface area contributed by atoms with Crippen molar-refractivity contribution >= 4 is 40.3 Å². The monoisotopic (exact) mass is 465 g/mol. The molecule has 1 aliphatic rings. The van der Waals surface area contributed by atoms with Crippen LogP contribution in [0, 0.1) is 6.92 Å². The summed E-state index contributed by atoms with van der Waals surface area (Å²) in [7, 11) is 3.62. The highest BCUT2D eigenvalue weighted by Crippen LogP contribution is 2.27. The van der Waals surface area contributed by atoms with Crippen LogP contribution >= 0.6 is 11.6 Å². The van der Waals surface area contributed by atoms with E-state index in [0.717, 1.165) is 29.8 Å². The first-order chi connectivity index (χ1) is 15.8. The topological polar surface area (TPSA) is 106 Å². The van der Waals surface area contributed by atoms with Gasteiger partial charge in [0.05, 0.1) is 16.8 Å². The Morgan fingerprint density at radius 3 is 2.73 bits per heavy atom. The molecule has 0 unspecified atom stereocenters. The number of aromatic nitrogens is 6. The average molecular weight is 466 g/mol. The summed E-state index contributed by atoms with van der Waals surface area (Å²) in [6.07, 6.45) is 5.56. The molecule has 33 heavy (non-hydrogen) atoms. The predicted octanol–water partition coefficient (Wildman–Crippen LogP) is 3.08. The maximum absolute atomic E-state index is 13.2. The van der Waals surface area contributed by atoms with Crippen LogP contribution in [0.4, 0.5) is 17.3 Å². The SMILES string of the molecule is C=C(NC1CC1)c1cnn2c(NC)cc(Nc3cc(Cl)cn(-c4cc(C)n(C)n4)c3=O)nc12. The van der Waals surface area contributed by atoms with Gasteiger partial charge in [-0.3, -0.25) is 14.0 Å². The van der Waals surface area contributed by atoms with Gasteiger partial charge < -0.3 is 16.0 Å². The minimum Gasteiger partial charge on any atom is -0.382 e. The predicted molar refractivity (Wildman–Crippen MR) is 130 cm³/mol. The zero-order chi connectivity index (χ0) is 23.3. The largest absolute Gasteiger partial charge is 0.382 e. The zero-order valence-electron chi connectivity index (χ0n) is 18.6. The van der Waals surface area contributed by atoms with Crippen molar-refractivity contribution in [2.75, 3.05) is 17.7 Å². The summed E-state index contributed by atoms with van der Waals surface area (Å²) >= 11 is 6.34. The van der Waals surface area contributed by atoms with Crippen LogP contribution in [-0.2, 0) is 7.05 Å². The number of hydrogen-bond donors (Lipinski definition) is 3. The number of pyridine rings is 1. The molecule has 11 heteroatoms. The van der Waals surface area contributed by atoms with Gasteiger partial charge in [0.15, 0.2) is 11.5 Å². The van der Waals surface area contributed by atoms with Crippen molar-refractivity contribution in [2.24, 2.45) is 7.05 Å². The van der Waals surface area contributed by atoms with Crippen molar-refractivity contribution in [2.45, 2.75) is 25.8 Å². The van der Waals surface area contributed by atoms with Crippen LogP contribution in [0.3, 0.4) is 0 Å². The number of hydrogen-bond acceptors (Lipinski definition) is 7. The van der Waals surface area contributed by atoms with Crippen molar-refractivity contribution < 1.29 is 0 Å². The van der Waals surface area contributed by atoms with Crippen LogP contribution in [0.25, 0.3) is 17.2 Å². The summed E-state index contributed by atoms with van der Waals surface area (Å²) in [5.74, 6) is 1.66. The third-order valence-corrected chi connectivity index (χ3v) is 5.81. The molecular formula is C22H24ClN9O. The van der Waals surface area contributed by atoms with Gasteiger partial charge in [-0.2, -0.15) is 14.7 Å². The van der Waals surface area contributed by atoms with Gasteiger partial charge in [0.2, 0.25) is 0 Å². The van der Waals surface area contributed by atoms with E-state index in [0.29, 0.717) is 34.2 Å². The molecule has 0 saturated heterocycles. The van der Waals surface area contributed by atoms with Gasteiger partial charge in [-0.1, -0.05) is 18.2 Å². The van der Waals surface area contributed by atoms with E-state index in [-0.39, 0.29) is 11.2 Å². The summed E-state index contributed by atoms with van der Waals surface area (Å²) in [5.41, 5.74) is 3.10. The Hall–Kier alpha value is -3.79. The lowest BCUT2D eigenvalue weighted by atomic mass is 10.2. The molecule has 4 aromatic heterocycles. The highest BCUT2D eigenvalue weighted by molar-refractivity contribution is 6.30. The van der Waals surface area contributed by atoms with Gasteiger partial charge in [-0.15, -0.1) is 0 Å². The van der Waals surface area contributed by atoms with Crippen molar-refractivity contribution in [3.8, 4) is 5.82 Å². The standard InChI is InChI=1S/C22H24ClN9O/c1-12-7-20(29-30(12)4)31-11-14(23)8-17(22(31)33)27-18-9-19(24-3)32-21(28-18)16(10-25-32)13(2)26-15-5-6-15/h7-11,15,24,26H,2,5-6H2,1,3-4H3,(H,27,28). The van der Waals surface area contributed by atoms with E-state index in [1.54, 1.807) is 40.8 Å². The quantitative estimate of drug-likeness (QED) is 0.385. The van der Waals surface area contributed by atoms with Crippen LogP contribution in [0.15, 0.2) is 42.0 Å². The number of aryl methyl sites for hydroxylation is 2. The maximum atomic E-state index is 13.2. The van der Waals surface area contributed by atoms with E-state index in [4.69, 9.17) is 16.6 Å². The molecule has 1 fully saturated rings. The molecule has 4 aromatic rings. The smallest absolute Gasteiger partial charge is 0.280 e. The summed E-state index contributed by atoms with van der Waals surface area (Å²) < 4.78 is 4.82. The van der Waals surface area contributed by atoms with E-state index in [1.807, 2.05) is 20.0 Å². The molecule has 0 amide bonds. The van der Waals surface area contributed by atoms with E-state index < -0.39 is 0 Å². The minimum atomic E-state index is -0.293. The van der Waals surface area contributed by atoms with Crippen molar-refractivity contribution in [3.05, 3.63) is 63.8 Å².